The summed E-state index contributed by atoms with van der Waals surface area (Å²) in [5.74, 6) is 0.624. The first-order valence-electron chi connectivity index (χ1n) is 6.72. The highest BCUT2D eigenvalue weighted by atomic mass is 16.4. The molecule has 108 valence electrons. The second-order valence-electron chi connectivity index (χ2n) is 4.74. The Hall–Kier alpha value is -2.70. The molecule has 1 aliphatic rings. The molecule has 0 radical (unpaired) electrons. The van der Waals surface area contributed by atoms with Crippen molar-refractivity contribution in [1.29, 1.82) is 0 Å². The van der Waals surface area contributed by atoms with Crippen LogP contribution in [0.2, 0.25) is 0 Å². The number of nitrogens with zero attached hydrogens (tertiary/aromatic N) is 5. The van der Waals surface area contributed by atoms with Gasteiger partial charge >= 0.3 is 5.97 Å². The monoisotopic (exact) mass is 285 g/mol. The lowest BCUT2D eigenvalue weighted by Crippen LogP contribution is -2.47. The van der Waals surface area contributed by atoms with E-state index in [2.05, 4.69) is 25.0 Å². The number of rotatable bonds is 3. The van der Waals surface area contributed by atoms with Crippen molar-refractivity contribution in [3.05, 3.63) is 42.2 Å². The molecule has 7 nitrogen and oxygen atoms in total. The number of hydrogen-bond donors (Lipinski definition) is 1. The lowest BCUT2D eigenvalue weighted by atomic mass is 10.3. The van der Waals surface area contributed by atoms with E-state index in [1.807, 2.05) is 18.2 Å². The van der Waals surface area contributed by atoms with Gasteiger partial charge in [-0.1, -0.05) is 6.07 Å². The maximum Gasteiger partial charge on any atom is 0.356 e. The third kappa shape index (κ3) is 2.91. The SMILES string of the molecule is O=C(O)c1ccc(N2CCN(c3ccccn3)CC2)nn1. The van der Waals surface area contributed by atoms with Crippen molar-refractivity contribution in [3.63, 3.8) is 0 Å². The maximum absolute atomic E-state index is 10.8. The third-order valence-corrected chi connectivity index (χ3v) is 3.45. The van der Waals surface area contributed by atoms with E-state index < -0.39 is 5.97 Å². The first kappa shape index (κ1) is 13.3. The van der Waals surface area contributed by atoms with Gasteiger partial charge in [0.1, 0.15) is 5.82 Å². The van der Waals surface area contributed by atoms with E-state index in [9.17, 15) is 4.79 Å². The molecule has 3 heterocycles. The van der Waals surface area contributed by atoms with Gasteiger partial charge < -0.3 is 14.9 Å². The molecule has 7 heteroatoms. The van der Waals surface area contributed by atoms with Crippen molar-refractivity contribution in [2.45, 2.75) is 0 Å². The van der Waals surface area contributed by atoms with Gasteiger partial charge in [0.15, 0.2) is 11.5 Å². The van der Waals surface area contributed by atoms with Gasteiger partial charge in [0.05, 0.1) is 0 Å². The number of carboxylic acid groups (broad SMARTS) is 1. The van der Waals surface area contributed by atoms with Crippen LogP contribution in [0.3, 0.4) is 0 Å². The van der Waals surface area contributed by atoms with Gasteiger partial charge in [0.2, 0.25) is 0 Å². The molecule has 21 heavy (non-hydrogen) atoms. The fourth-order valence-corrected chi connectivity index (χ4v) is 2.31. The van der Waals surface area contributed by atoms with Crippen molar-refractivity contribution in [1.82, 2.24) is 15.2 Å². The first-order chi connectivity index (χ1) is 10.2. The van der Waals surface area contributed by atoms with Crippen LogP contribution in [0.5, 0.6) is 0 Å². The summed E-state index contributed by atoms with van der Waals surface area (Å²) >= 11 is 0. The van der Waals surface area contributed by atoms with E-state index in [-0.39, 0.29) is 5.69 Å². The molecule has 1 saturated heterocycles. The Bertz CT molecular complexity index is 609. The average molecular weight is 285 g/mol. The highest BCUT2D eigenvalue weighted by Crippen LogP contribution is 2.16. The quantitative estimate of drug-likeness (QED) is 0.897. The normalized spacial score (nSPS) is 15.0. The van der Waals surface area contributed by atoms with Gasteiger partial charge in [-0.05, 0) is 24.3 Å². The van der Waals surface area contributed by atoms with Gasteiger partial charge in [-0.3, -0.25) is 0 Å². The molecule has 3 rings (SSSR count). The fourth-order valence-electron chi connectivity index (χ4n) is 2.31. The number of aromatic carboxylic acids is 1. The minimum absolute atomic E-state index is 0.0362. The van der Waals surface area contributed by atoms with Crippen LogP contribution in [0.15, 0.2) is 36.5 Å². The van der Waals surface area contributed by atoms with E-state index in [4.69, 9.17) is 5.11 Å². The molecule has 1 aliphatic heterocycles. The van der Waals surface area contributed by atoms with Crippen molar-refractivity contribution >= 4 is 17.6 Å². The van der Waals surface area contributed by atoms with Crippen LogP contribution in [0.4, 0.5) is 11.6 Å². The van der Waals surface area contributed by atoms with E-state index in [0.717, 1.165) is 32.0 Å². The Balaban J connectivity index is 1.64. The van der Waals surface area contributed by atoms with Crippen molar-refractivity contribution in [3.8, 4) is 0 Å². The summed E-state index contributed by atoms with van der Waals surface area (Å²) in [5.41, 5.74) is -0.0362. The molecule has 0 aromatic carbocycles. The van der Waals surface area contributed by atoms with Crippen molar-refractivity contribution in [2.24, 2.45) is 0 Å². The summed E-state index contributed by atoms with van der Waals surface area (Å²) < 4.78 is 0. The molecule has 0 bridgehead atoms. The second-order valence-corrected chi connectivity index (χ2v) is 4.74. The number of piperazine rings is 1. The molecule has 1 N–H and O–H groups in total. The maximum atomic E-state index is 10.8. The zero-order valence-corrected chi connectivity index (χ0v) is 11.4. The average Bonchev–Trinajstić information content (AvgIpc) is 2.56. The van der Waals surface area contributed by atoms with Gasteiger partial charge in [-0.2, -0.15) is 0 Å². The standard InChI is InChI=1S/C14H15N5O2/c20-14(21)11-4-5-13(17-16-11)19-9-7-18(8-10-19)12-3-1-2-6-15-12/h1-6H,7-10H2,(H,20,21). The number of carboxylic acids is 1. The lowest BCUT2D eigenvalue weighted by Gasteiger charge is -2.35. The van der Waals surface area contributed by atoms with Gasteiger partial charge in [-0.25, -0.2) is 9.78 Å². The summed E-state index contributed by atoms with van der Waals surface area (Å²) in [5, 5.41) is 16.5. The van der Waals surface area contributed by atoms with E-state index in [1.165, 1.54) is 6.07 Å². The van der Waals surface area contributed by atoms with Crippen LogP contribution < -0.4 is 9.80 Å². The molecule has 2 aromatic rings. The molecule has 0 spiro atoms. The number of carbonyl (C=O) groups is 1. The second kappa shape index (κ2) is 5.74. The highest BCUT2D eigenvalue weighted by molar-refractivity contribution is 5.85. The van der Waals surface area contributed by atoms with Crippen LogP contribution in [-0.2, 0) is 0 Å². The minimum atomic E-state index is -1.06. The number of pyridine rings is 1. The summed E-state index contributed by atoms with van der Waals surface area (Å²) in [7, 11) is 0. The molecule has 0 saturated carbocycles. The largest absolute Gasteiger partial charge is 0.476 e. The van der Waals surface area contributed by atoms with Crippen LogP contribution in [-0.4, -0.2) is 52.4 Å². The molecule has 0 atom stereocenters. The van der Waals surface area contributed by atoms with E-state index >= 15 is 0 Å². The minimum Gasteiger partial charge on any atom is -0.476 e. The molecular weight excluding hydrogens is 270 g/mol. The Morgan fingerprint density at radius 3 is 2.19 bits per heavy atom. The van der Waals surface area contributed by atoms with Gasteiger partial charge in [-0.15, -0.1) is 10.2 Å². The molecule has 0 unspecified atom stereocenters. The zero-order chi connectivity index (χ0) is 14.7. The molecular formula is C14H15N5O2. The van der Waals surface area contributed by atoms with Gasteiger partial charge in [0, 0.05) is 32.4 Å². The summed E-state index contributed by atoms with van der Waals surface area (Å²) in [4.78, 5) is 19.4. The Morgan fingerprint density at radius 2 is 1.67 bits per heavy atom. The Morgan fingerprint density at radius 1 is 0.952 bits per heavy atom. The summed E-state index contributed by atoms with van der Waals surface area (Å²) in [6.07, 6.45) is 1.79. The highest BCUT2D eigenvalue weighted by Gasteiger charge is 2.19. The van der Waals surface area contributed by atoms with E-state index in [1.54, 1.807) is 12.3 Å². The molecule has 0 aliphatic carbocycles. The van der Waals surface area contributed by atoms with E-state index in [0.29, 0.717) is 5.82 Å². The molecule has 1 fully saturated rings. The van der Waals surface area contributed by atoms with Crippen LogP contribution >= 0.6 is 0 Å². The molecule has 0 amide bonds. The third-order valence-electron chi connectivity index (χ3n) is 3.45. The lowest BCUT2D eigenvalue weighted by molar-refractivity contribution is 0.0689. The first-order valence-corrected chi connectivity index (χ1v) is 6.72. The number of hydrogen-bond acceptors (Lipinski definition) is 6. The van der Waals surface area contributed by atoms with Crippen LogP contribution in [0.25, 0.3) is 0 Å². The fraction of sp³-hybridized carbons (Fsp3) is 0.286. The summed E-state index contributed by atoms with van der Waals surface area (Å²) in [6, 6.07) is 9.06. The van der Waals surface area contributed by atoms with Crippen LogP contribution in [0.1, 0.15) is 10.5 Å². The van der Waals surface area contributed by atoms with Gasteiger partial charge in [0.25, 0.3) is 0 Å². The smallest absolute Gasteiger partial charge is 0.356 e. The Labute approximate surface area is 121 Å². The predicted molar refractivity (Wildman–Crippen MR) is 77.7 cm³/mol. The van der Waals surface area contributed by atoms with Crippen molar-refractivity contribution < 1.29 is 9.90 Å². The summed E-state index contributed by atoms with van der Waals surface area (Å²) in [6.45, 7) is 3.30. The van der Waals surface area contributed by atoms with Crippen molar-refractivity contribution in [2.75, 3.05) is 36.0 Å². The van der Waals surface area contributed by atoms with Crippen LogP contribution in [0, 0.1) is 0 Å². The number of aromatic nitrogens is 3. The molecule has 2 aromatic heterocycles. The number of anilines is 2. The predicted octanol–water partition coefficient (Wildman–Crippen LogP) is 0.896. The Kier molecular flexibility index (Phi) is 3.63. The topological polar surface area (TPSA) is 82.5 Å². The zero-order valence-electron chi connectivity index (χ0n) is 11.4.